The van der Waals surface area contributed by atoms with Gasteiger partial charge >= 0.3 is 0 Å². The lowest BCUT2D eigenvalue weighted by Crippen LogP contribution is -2.12. The van der Waals surface area contributed by atoms with Crippen molar-refractivity contribution in [1.29, 1.82) is 0 Å². The van der Waals surface area contributed by atoms with Crippen LogP contribution in [-0.2, 0) is 12.8 Å². The molecule has 0 saturated carbocycles. The molecule has 1 aliphatic heterocycles. The van der Waals surface area contributed by atoms with Crippen LogP contribution in [-0.4, -0.2) is 18.3 Å². The number of ether oxygens (including phenoxy) is 1. The second-order valence-electron chi connectivity index (χ2n) is 3.79. The van der Waals surface area contributed by atoms with Crippen molar-refractivity contribution in [2.24, 2.45) is 0 Å². The Bertz CT molecular complexity index is 350. The lowest BCUT2D eigenvalue weighted by molar-refractivity contribution is 0.274. The molecule has 0 aliphatic carbocycles. The van der Waals surface area contributed by atoms with Crippen molar-refractivity contribution >= 4 is 0 Å². The minimum Gasteiger partial charge on any atom is -0.493 e. The summed E-state index contributed by atoms with van der Waals surface area (Å²) in [4.78, 5) is 0. The molecule has 2 rings (SSSR count). The third-order valence-corrected chi connectivity index (χ3v) is 2.71. The average Bonchev–Trinajstić information content (AvgIpc) is 2.28. The Hall–Kier alpha value is -1.09. The van der Waals surface area contributed by atoms with Gasteiger partial charge in [0.25, 0.3) is 0 Å². The van der Waals surface area contributed by atoms with Crippen molar-refractivity contribution in [1.82, 2.24) is 0 Å². The van der Waals surface area contributed by atoms with Crippen LogP contribution in [0.1, 0.15) is 24.0 Å². The molecule has 0 aromatic heterocycles. The quantitative estimate of drug-likeness (QED) is 0.827. The summed E-state index contributed by atoms with van der Waals surface area (Å²) in [5.74, 6) is 0.499. The van der Waals surface area contributed by atoms with Crippen LogP contribution in [0.5, 0.6) is 5.75 Å². The van der Waals surface area contributed by atoms with Crippen molar-refractivity contribution in [3.63, 3.8) is 0 Å². The fourth-order valence-electron chi connectivity index (χ4n) is 1.95. The Labute approximate surface area is 88.7 Å². The highest BCUT2D eigenvalue weighted by Crippen LogP contribution is 2.31. The average molecular weight is 210 g/mol. The van der Waals surface area contributed by atoms with E-state index in [4.69, 9.17) is 9.84 Å². The van der Waals surface area contributed by atoms with E-state index in [0.29, 0.717) is 25.0 Å². The summed E-state index contributed by atoms with van der Waals surface area (Å²) in [6.45, 7) is 0.756. The molecule has 0 radical (unpaired) electrons. The van der Waals surface area contributed by atoms with Crippen molar-refractivity contribution in [3.8, 4) is 5.75 Å². The highest BCUT2D eigenvalue weighted by molar-refractivity contribution is 5.43. The van der Waals surface area contributed by atoms with Gasteiger partial charge in [0.2, 0.25) is 0 Å². The van der Waals surface area contributed by atoms with Gasteiger partial charge < -0.3 is 9.84 Å². The number of fused-ring (bicyclic) bond motifs is 1. The standard InChI is InChI=1S/C12H15FO2/c13-11-6-5-9-3-2-8-15-12(9)10(11)4-1-7-14/h5-6,14H,1-4,7-8H2. The highest BCUT2D eigenvalue weighted by Gasteiger charge is 2.17. The molecule has 0 spiro atoms. The van der Waals surface area contributed by atoms with Gasteiger partial charge in [0, 0.05) is 12.2 Å². The van der Waals surface area contributed by atoms with Crippen LogP contribution in [0.25, 0.3) is 0 Å². The summed E-state index contributed by atoms with van der Waals surface area (Å²) >= 11 is 0. The van der Waals surface area contributed by atoms with E-state index in [9.17, 15) is 4.39 Å². The van der Waals surface area contributed by atoms with Gasteiger partial charge in [-0.05, 0) is 37.3 Å². The van der Waals surface area contributed by atoms with Gasteiger partial charge in [-0.15, -0.1) is 0 Å². The molecule has 0 atom stereocenters. The maximum atomic E-state index is 13.5. The van der Waals surface area contributed by atoms with Crippen molar-refractivity contribution in [2.45, 2.75) is 25.7 Å². The molecule has 2 nitrogen and oxygen atoms in total. The number of aliphatic hydroxyl groups excluding tert-OH is 1. The van der Waals surface area contributed by atoms with Crippen LogP contribution >= 0.6 is 0 Å². The van der Waals surface area contributed by atoms with E-state index in [0.717, 1.165) is 24.2 Å². The largest absolute Gasteiger partial charge is 0.493 e. The van der Waals surface area contributed by atoms with E-state index in [1.807, 2.05) is 0 Å². The zero-order valence-corrected chi connectivity index (χ0v) is 8.63. The summed E-state index contributed by atoms with van der Waals surface area (Å²) in [5.41, 5.74) is 1.72. The van der Waals surface area contributed by atoms with E-state index in [2.05, 4.69) is 0 Å². The van der Waals surface area contributed by atoms with Crippen LogP contribution < -0.4 is 4.74 Å². The first-order valence-corrected chi connectivity index (χ1v) is 5.37. The number of hydrogen-bond donors (Lipinski definition) is 1. The zero-order valence-electron chi connectivity index (χ0n) is 8.63. The molecule has 1 N–H and O–H groups in total. The molecular weight excluding hydrogens is 195 g/mol. The Morgan fingerprint density at radius 3 is 3.07 bits per heavy atom. The summed E-state index contributed by atoms with van der Waals surface area (Å²) in [5, 5.41) is 8.76. The van der Waals surface area contributed by atoms with Crippen molar-refractivity contribution in [2.75, 3.05) is 13.2 Å². The molecule has 0 fully saturated rings. The molecule has 0 bridgehead atoms. The second kappa shape index (κ2) is 4.62. The minimum absolute atomic E-state index is 0.0864. The molecule has 1 aromatic carbocycles. The zero-order chi connectivity index (χ0) is 10.7. The third-order valence-electron chi connectivity index (χ3n) is 2.71. The summed E-state index contributed by atoms with van der Waals surface area (Å²) < 4.78 is 19.1. The Morgan fingerprint density at radius 2 is 2.27 bits per heavy atom. The van der Waals surface area contributed by atoms with Crippen LogP contribution in [0.2, 0.25) is 0 Å². The summed E-state index contributed by atoms with van der Waals surface area (Å²) in [6, 6.07) is 3.30. The number of benzene rings is 1. The van der Waals surface area contributed by atoms with Crippen LogP contribution in [0, 0.1) is 5.82 Å². The van der Waals surface area contributed by atoms with Gasteiger partial charge in [-0.1, -0.05) is 6.07 Å². The highest BCUT2D eigenvalue weighted by atomic mass is 19.1. The lowest BCUT2D eigenvalue weighted by Gasteiger charge is -2.20. The van der Waals surface area contributed by atoms with Gasteiger partial charge in [-0.2, -0.15) is 0 Å². The maximum Gasteiger partial charge on any atom is 0.130 e. The molecule has 15 heavy (non-hydrogen) atoms. The van der Waals surface area contributed by atoms with Gasteiger partial charge in [0.1, 0.15) is 11.6 Å². The van der Waals surface area contributed by atoms with Crippen molar-refractivity contribution < 1.29 is 14.2 Å². The molecule has 0 saturated heterocycles. The molecule has 1 aromatic rings. The molecule has 0 unspecified atom stereocenters. The number of rotatable bonds is 3. The van der Waals surface area contributed by atoms with Crippen LogP contribution in [0.3, 0.4) is 0 Å². The smallest absolute Gasteiger partial charge is 0.130 e. The van der Waals surface area contributed by atoms with Crippen molar-refractivity contribution in [3.05, 3.63) is 29.1 Å². The molecule has 3 heteroatoms. The van der Waals surface area contributed by atoms with Crippen LogP contribution in [0.15, 0.2) is 12.1 Å². The van der Waals surface area contributed by atoms with Gasteiger partial charge in [0.15, 0.2) is 0 Å². The Balaban J connectivity index is 2.32. The first-order valence-electron chi connectivity index (χ1n) is 5.37. The number of aryl methyl sites for hydroxylation is 1. The van der Waals surface area contributed by atoms with Crippen LogP contribution in [0.4, 0.5) is 4.39 Å². The molecular formula is C12H15FO2. The molecule has 1 aliphatic rings. The van der Waals surface area contributed by atoms with Gasteiger partial charge in [-0.3, -0.25) is 0 Å². The molecule has 0 amide bonds. The molecule has 1 heterocycles. The first-order chi connectivity index (χ1) is 7.33. The fourth-order valence-corrected chi connectivity index (χ4v) is 1.95. The summed E-state index contributed by atoms with van der Waals surface area (Å²) in [7, 11) is 0. The predicted octanol–water partition coefficient (Wildman–Crippen LogP) is 2.08. The van der Waals surface area contributed by atoms with Gasteiger partial charge in [0.05, 0.1) is 6.61 Å². The topological polar surface area (TPSA) is 29.5 Å². The minimum atomic E-state index is -0.218. The third kappa shape index (κ3) is 2.12. The fraction of sp³-hybridized carbons (Fsp3) is 0.500. The lowest BCUT2D eigenvalue weighted by atomic mass is 9.99. The second-order valence-corrected chi connectivity index (χ2v) is 3.79. The number of halogens is 1. The van der Waals surface area contributed by atoms with Gasteiger partial charge in [-0.25, -0.2) is 4.39 Å². The predicted molar refractivity (Wildman–Crippen MR) is 55.6 cm³/mol. The summed E-state index contributed by atoms with van der Waals surface area (Å²) in [6.07, 6.45) is 3.09. The van der Waals surface area contributed by atoms with E-state index in [-0.39, 0.29) is 12.4 Å². The first kappa shape index (κ1) is 10.4. The maximum absolute atomic E-state index is 13.5. The normalized spacial score (nSPS) is 14.5. The SMILES string of the molecule is OCCCc1c(F)ccc2c1OCCC2. The molecule has 82 valence electrons. The Morgan fingerprint density at radius 1 is 1.40 bits per heavy atom. The van der Waals surface area contributed by atoms with E-state index < -0.39 is 0 Å². The Kier molecular flexibility index (Phi) is 3.21. The van der Waals surface area contributed by atoms with E-state index >= 15 is 0 Å². The number of aliphatic hydroxyl groups is 1. The van der Waals surface area contributed by atoms with E-state index in [1.54, 1.807) is 6.07 Å². The number of hydrogen-bond acceptors (Lipinski definition) is 2. The monoisotopic (exact) mass is 210 g/mol. The van der Waals surface area contributed by atoms with E-state index in [1.165, 1.54) is 6.07 Å².